The fourth-order valence-corrected chi connectivity index (χ4v) is 4.16. The van der Waals surface area contributed by atoms with Crippen LogP contribution in [-0.4, -0.2) is 0 Å². The van der Waals surface area contributed by atoms with Crippen LogP contribution in [0.2, 0.25) is 0 Å². The van der Waals surface area contributed by atoms with Crippen LogP contribution in [-0.2, 0) is 7.05 Å². The molecule has 1 nitrogen and oxygen atoms in total. The fraction of sp³-hybridized carbons (Fsp3) is 0.105. The number of nitrogens with zero attached hydrogens (tertiary/aromatic N) is 1. The zero-order valence-electron chi connectivity index (χ0n) is 12.1. The van der Waals surface area contributed by atoms with Gasteiger partial charge in [0.2, 0.25) is 5.69 Å². The highest BCUT2D eigenvalue weighted by atomic mass is 32.1. The highest BCUT2D eigenvalue weighted by Gasteiger charge is 2.18. The molecule has 2 heteroatoms. The van der Waals surface area contributed by atoms with Crippen molar-refractivity contribution in [2.75, 3.05) is 0 Å². The van der Waals surface area contributed by atoms with Crippen LogP contribution in [0.1, 0.15) is 5.56 Å². The van der Waals surface area contributed by atoms with Crippen molar-refractivity contribution in [3.8, 4) is 11.3 Å². The topological polar surface area (TPSA) is 3.88 Å². The minimum Gasteiger partial charge on any atom is -0.201 e. The summed E-state index contributed by atoms with van der Waals surface area (Å²) in [5, 5.41) is 6.26. The summed E-state index contributed by atoms with van der Waals surface area (Å²) < 4.78 is 3.60. The zero-order valence-corrected chi connectivity index (χ0v) is 12.9. The smallest absolute Gasteiger partial charge is 0.201 e. The van der Waals surface area contributed by atoms with Gasteiger partial charge in [-0.1, -0.05) is 24.3 Å². The van der Waals surface area contributed by atoms with Gasteiger partial charge < -0.3 is 0 Å². The van der Waals surface area contributed by atoms with Crippen molar-refractivity contribution >= 4 is 32.2 Å². The van der Waals surface area contributed by atoms with Gasteiger partial charge in [-0.15, -0.1) is 11.3 Å². The molecule has 0 N–H and O–H groups in total. The van der Waals surface area contributed by atoms with E-state index in [0.717, 1.165) is 0 Å². The second-order valence-corrected chi connectivity index (χ2v) is 6.32. The lowest BCUT2D eigenvalue weighted by Crippen LogP contribution is -2.30. The van der Waals surface area contributed by atoms with Crippen LogP contribution < -0.4 is 4.57 Å². The average molecular weight is 290 g/mol. The lowest BCUT2D eigenvalue weighted by atomic mass is 9.94. The third-order valence-corrected chi connectivity index (χ3v) is 5.14. The number of rotatable bonds is 1. The number of pyridine rings is 1. The van der Waals surface area contributed by atoms with Crippen LogP contribution in [0, 0.1) is 6.92 Å². The first kappa shape index (κ1) is 12.5. The lowest BCUT2D eigenvalue weighted by molar-refractivity contribution is -0.660. The van der Waals surface area contributed by atoms with E-state index >= 15 is 0 Å². The molecular formula is C19H16NS+. The van der Waals surface area contributed by atoms with E-state index in [1.165, 1.54) is 37.7 Å². The molecule has 0 aliphatic rings. The molecule has 0 unspecified atom stereocenters. The quantitative estimate of drug-likeness (QED) is 0.441. The summed E-state index contributed by atoms with van der Waals surface area (Å²) in [6.45, 7) is 2.24. The summed E-state index contributed by atoms with van der Waals surface area (Å²) in [5.74, 6) is 0. The van der Waals surface area contributed by atoms with Crippen LogP contribution in [0.25, 0.3) is 32.1 Å². The van der Waals surface area contributed by atoms with Gasteiger partial charge in [-0.25, -0.2) is 4.57 Å². The minimum atomic E-state index is 1.26. The van der Waals surface area contributed by atoms with Crippen LogP contribution in [0.5, 0.6) is 0 Å². The average Bonchev–Trinajstić information content (AvgIpc) is 2.99. The number of hydrogen-bond donors (Lipinski definition) is 0. The number of fused-ring (bicyclic) bond motifs is 3. The molecule has 4 aromatic rings. The van der Waals surface area contributed by atoms with E-state index in [-0.39, 0.29) is 0 Å². The number of aromatic nitrogens is 1. The molecule has 0 aliphatic heterocycles. The molecule has 0 bridgehead atoms. The Hall–Kier alpha value is -2.19. The van der Waals surface area contributed by atoms with Crippen LogP contribution in [0.15, 0.2) is 60.1 Å². The van der Waals surface area contributed by atoms with Crippen molar-refractivity contribution in [3.05, 3.63) is 65.7 Å². The Morgan fingerprint density at radius 1 is 0.857 bits per heavy atom. The van der Waals surface area contributed by atoms with Crippen molar-refractivity contribution in [2.45, 2.75) is 6.92 Å². The fourth-order valence-electron chi connectivity index (χ4n) is 3.16. The highest BCUT2D eigenvalue weighted by molar-refractivity contribution is 7.18. The van der Waals surface area contributed by atoms with Gasteiger partial charge in [-0.3, -0.25) is 0 Å². The first-order chi connectivity index (χ1) is 10.3. The monoisotopic (exact) mass is 290 g/mol. The summed E-state index contributed by atoms with van der Waals surface area (Å²) in [7, 11) is 2.11. The lowest BCUT2D eigenvalue weighted by Gasteiger charge is -2.11. The van der Waals surface area contributed by atoms with Gasteiger partial charge in [-0.2, -0.15) is 0 Å². The van der Waals surface area contributed by atoms with Gasteiger partial charge in [0, 0.05) is 22.2 Å². The molecule has 0 amide bonds. The predicted molar refractivity (Wildman–Crippen MR) is 90.7 cm³/mol. The molecule has 0 radical (unpaired) electrons. The molecule has 102 valence electrons. The van der Waals surface area contributed by atoms with E-state index in [4.69, 9.17) is 0 Å². The third kappa shape index (κ3) is 1.79. The van der Waals surface area contributed by atoms with Gasteiger partial charge in [-0.05, 0) is 40.8 Å². The Kier molecular flexibility index (Phi) is 2.79. The molecule has 0 fully saturated rings. The Bertz CT molecular complexity index is 966. The molecule has 21 heavy (non-hydrogen) atoms. The third-order valence-electron chi connectivity index (χ3n) is 4.20. The van der Waals surface area contributed by atoms with Crippen molar-refractivity contribution in [2.24, 2.45) is 7.05 Å². The van der Waals surface area contributed by atoms with E-state index in [2.05, 4.69) is 78.6 Å². The second kappa shape index (κ2) is 4.68. The van der Waals surface area contributed by atoms with Crippen molar-refractivity contribution in [1.82, 2.24) is 0 Å². The number of benzene rings is 2. The Morgan fingerprint density at radius 3 is 2.43 bits per heavy atom. The standard InChI is InChI=1S/C19H16NS/c1-13-14-10-12-21-19(14)16-8-4-3-7-15(16)18(13)17-9-5-6-11-20(17)2/h3-12H,1-2H3/q+1. The SMILES string of the molecule is Cc1c(-c2cccc[n+]2C)c2ccccc2c2sccc12. The predicted octanol–water partition coefficient (Wildman–Crippen LogP) is 4.85. The van der Waals surface area contributed by atoms with Crippen molar-refractivity contribution < 1.29 is 4.57 Å². The van der Waals surface area contributed by atoms with E-state index < -0.39 is 0 Å². The summed E-state index contributed by atoms with van der Waals surface area (Å²) in [6, 6.07) is 17.4. The minimum absolute atomic E-state index is 1.26. The van der Waals surface area contributed by atoms with Crippen molar-refractivity contribution in [1.29, 1.82) is 0 Å². The molecule has 0 aliphatic carbocycles. The van der Waals surface area contributed by atoms with Crippen LogP contribution in [0.3, 0.4) is 0 Å². The molecule has 2 aromatic carbocycles. The molecule has 0 atom stereocenters. The van der Waals surface area contributed by atoms with E-state index in [9.17, 15) is 0 Å². The maximum absolute atomic E-state index is 2.24. The van der Waals surface area contributed by atoms with Gasteiger partial charge in [0.05, 0.1) is 5.56 Å². The maximum Gasteiger partial charge on any atom is 0.213 e. The summed E-state index contributed by atoms with van der Waals surface area (Å²) in [6.07, 6.45) is 2.11. The number of aryl methyl sites for hydroxylation is 2. The van der Waals surface area contributed by atoms with Crippen LogP contribution >= 0.6 is 11.3 Å². The molecule has 4 rings (SSSR count). The van der Waals surface area contributed by atoms with Crippen LogP contribution in [0.4, 0.5) is 0 Å². The van der Waals surface area contributed by atoms with Gasteiger partial charge in [0.15, 0.2) is 6.20 Å². The Balaban J connectivity index is 2.26. The molecular weight excluding hydrogens is 274 g/mol. The second-order valence-electron chi connectivity index (χ2n) is 5.41. The molecule has 2 heterocycles. The maximum atomic E-state index is 2.24. The number of hydrogen-bond acceptors (Lipinski definition) is 1. The van der Waals surface area contributed by atoms with E-state index in [1.807, 2.05) is 11.3 Å². The molecule has 0 saturated heterocycles. The Morgan fingerprint density at radius 2 is 1.62 bits per heavy atom. The normalized spacial score (nSPS) is 11.3. The summed E-state index contributed by atoms with van der Waals surface area (Å²) >= 11 is 1.83. The zero-order chi connectivity index (χ0) is 14.4. The largest absolute Gasteiger partial charge is 0.213 e. The Labute approximate surface area is 128 Å². The molecule has 0 saturated carbocycles. The van der Waals surface area contributed by atoms with Crippen molar-refractivity contribution in [3.63, 3.8) is 0 Å². The number of thiophene rings is 1. The van der Waals surface area contributed by atoms with E-state index in [0.29, 0.717) is 0 Å². The van der Waals surface area contributed by atoms with Gasteiger partial charge in [0.1, 0.15) is 7.05 Å². The molecule has 0 spiro atoms. The summed E-state index contributed by atoms with van der Waals surface area (Å²) in [5.41, 5.74) is 3.98. The van der Waals surface area contributed by atoms with E-state index in [1.54, 1.807) is 0 Å². The first-order valence-electron chi connectivity index (χ1n) is 7.11. The van der Waals surface area contributed by atoms with Gasteiger partial charge in [0.25, 0.3) is 0 Å². The highest BCUT2D eigenvalue weighted by Crippen LogP contribution is 2.39. The molecule has 2 aromatic heterocycles. The summed E-state index contributed by atoms with van der Waals surface area (Å²) in [4.78, 5) is 0. The first-order valence-corrected chi connectivity index (χ1v) is 7.99. The van der Waals surface area contributed by atoms with Gasteiger partial charge >= 0.3 is 0 Å².